The summed E-state index contributed by atoms with van der Waals surface area (Å²) in [4.78, 5) is 25.4. The molecule has 8 heteroatoms. The van der Waals surface area contributed by atoms with E-state index in [-0.39, 0.29) is 17.7 Å². The van der Waals surface area contributed by atoms with Crippen molar-refractivity contribution >= 4 is 46.3 Å². The van der Waals surface area contributed by atoms with E-state index in [0.717, 1.165) is 11.1 Å². The third-order valence-corrected chi connectivity index (χ3v) is 6.72. The summed E-state index contributed by atoms with van der Waals surface area (Å²) in [5.74, 6) is 0.0773. The smallest absolute Gasteiger partial charge is 0.303 e. The largest absolute Gasteiger partial charge is 0.493 e. The molecule has 0 bridgehead atoms. The molecule has 2 aromatic rings. The van der Waals surface area contributed by atoms with Gasteiger partial charge in [-0.1, -0.05) is 75.1 Å². The maximum atomic E-state index is 12.7. The summed E-state index contributed by atoms with van der Waals surface area (Å²) >= 11 is 6.52. The number of hydrogen-bond donors (Lipinski definition) is 1. The minimum Gasteiger partial charge on any atom is -0.493 e. The van der Waals surface area contributed by atoms with Gasteiger partial charge in [0.15, 0.2) is 11.5 Å². The molecule has 180 valence electrons. The summed E-state index contributed by atoms with van der Waals surface area (Å²) in [6.07, 6.45) is 2.11. The summed E-state index contributed by atoms with van der Waals surface area (Å²) in [5, 5.41) is 8.81. The Balaban J connectivity index is 1.67. The number of hydrogen-bond acceptors (Lipinski definition) is 6. The number of carbonyl (C=O) groups is 2. The van der Waals surface area contributed by atoms with Gasteiger partial charge in [-0.05, 0) is 46.7 Å². The number of amides is 1. The Morgan fingerprint density at radius 3 is 2.47 bits per heavy atom. The third-order valence-electron chi connectivity index (χ3n) is 5.35. The highest BCUT2D eigenvalue weighted by Crippen LogP contribution is 2.35. The molecule has 34 heavy (non-hydrogen) atoms. The fourth-order valence-corrected chi connectivity index (χ4v) is 4.70. The van der Waals surface area contributed by atoms with Crippen LogP contribution in [0.2, 0.25) is 0 Å². The van der Waals surface area contributed by atoms with Crippen LogP contribution in [0.15, 0.2) is 47.4 Å². The number of carboxylic acids is 1. The lowest BCUT2D eigenvalue weighted by Crippen LogP contribution is -2.29. The Labute approximate surface area is 209 Å². The molecule has 0 aliphatic carbocycles. The predicted octanol–water partition coefficient (Wildman–Crippen LogP) is 5.64. The molecule has 0 atom stereocenters. The fourth-order valence-electron chi connectivity index (χ4n) is 3.39. The number of carboxylic acid groups (broad SMARTS) is 1. The van der Waals surface area contributed by atoms with Crippen LogP contribution in [0.3, 0.4) is 0 Å². The maximum absolute atomic E-state index is 12.7. The number of rotatable bonds is 9. The molecule has 0 spiro atoms. The van der Waals surface area contributed by atoms with Crippen LogP contribution in [0.25, 0.3) is 6.08 Å². The number of nitrogens with zero attached hydrogens (tertiary/aromatic N) is 1. The molecule has 0 aromatic heterocycles. The minimum absolute atomic E-state index is 0.00446. The topological polar surface area (TPSA) is 76.1 Å². The molecule has 1 aliphatic heterocycles. The average molecular weight is 500 g/mol. The Hall–Kier alpha value is -2.84. The Morgan fingerprint density at radius 1 is 1.15 bits per heavy atom. The van der Waals surface area contributed by atoms with E-state index in [1.807, 2.05) is 18.2 Å². The van der Waals surface area contributed by atoms with Crippen LogP contribution in [-0.4, -0.2) is 39.9 Å². The van der Waals surface area contributed by atoms with Crippen LogP contribution in [0, 0.1) is 0 Å². The molecule has 1 N–H and O–H groups in total. The molecule has 1 heterocycles. The molecular formula is C26H29NO5S2. The number of thioether (sulfide) groups is 1. The van der Waals surface area contributed by atoms with Crippen LogP contribution < -0.4 is 9.47 Å². The first kappa shape index (κ1) is 25.8. The van der Waals surface area contributed by atoms with Gasteiger partial charge in [-0.25, -0.2) is 0 Å². The number of aliphatic carboxylic acids is 1. The summed E-state index contributed by atoms with van der Waals surface area (Å²) < 4.78 is 11.9. The van der Waals surface area contributed by atoms with Gasteiger partial charge in [-0.15, -0.1) is 0 Å². The zero-order valence-electron chi connectivity index (χ0n) is 19.8. The zero-order valence-corrected chi connectivity index (χ0v) is 21.4. The molecule has 0 radical (unpaired) electrons. The van der Waals surface area contributed by atoms with E-state index in [0.29, 0.717) is 40.3 Å². The average Bonchev–Trinajstić information content (AvgIpc) is 3.04. The molecule has 3 rings (SSSR count). The van der Waals surface area contributed by atoms with Crippen LogP contribution in [-0.2, 0) is 21.6 Å². The normalized spacial score (nSPS) is 15.2. The molecule has 0 saturated carbocycles. The summed E-state index contributed by atoms with van der Waals surface area (Å²) in [7, 11) is 1.58. The monoisotopic (exact) mass is 499 g/mol. The van der Waals surface area contributed by atoms with Gasteiger partial charge >= 0.3 is 5.97 Å². The molecule has 1 saturated heterocycles. The zero-order chi connectivity index (χ0) is 24.9. The van der Waals surface area contributed by atoms with Gasteiger partial charge in [0.1, 0.15) is 10.9 Å². The maximum Gasteiger partial charge on any atom is 0.303 e. The van der Waals surface area contributed by atoms with Crippen molar-refractivity contribution < 1.29 is 24.2 Å². The third kappa shape index (κ3) is 6.61. The van der Waals surface area contributed by atoms with Crippen molar-refractivity contribution in [3.8, 4) is 11.5 Å². The van der Waals surface area contributed by atoms with Gasteiger partial charge in [0.25, 0.3) is 5.91 Å². The second-order valence-electron chi connectivity index (χ2n) is 8.98. The van der Waals surface area contributed by atoms with Crippen molar-refractivity contribution in [1.29, 1.82) is 0 Å². The second-order valence-corrected chi connectivity index (χ2v) is 10.7. The number of methoxy groups -OCH3 is 1. The first-order valence-corrected chi connectivity index (χ1v) is 12.2. The molecule has 1 fully saturated rings. The standard InChI is InChI=1S/C26H29NO5S2/c1-26(2,3)19-10-7-17(8-11-19)16-32-20-12-9-18(14-21(20)31-4)15-22-24(30)27(25(33)34-22)13-5-6-23(28)29/h7-12,14-15H,5-6,13,16H2,1-4H3,(H,28,29)/b22-15+. The Morgan fingerprint density at radius 2 is 1.85 bits per heavy atom. The number of carbonyl (C=O) groups excluding carboxylic acids is 1. The van der Waals surface area contributed by atoms with Gasteiger partial charge in [0, 0.05) is 13.0 Å². The van der Waals surface area contributed by atoms with Gasteiger partial charge in [0.2, 0.25) is 0 Å². The van der Waals surface area contributed by atoms with Crippen molar-refractivity contribution in [2.45, 2.75) is 45.6 Å². The van der Waals surface area contributed by atoms with Crippen LogP contribution in [0.4, 0.5) is 0 Å². The van der Waals surface area contributed by atoms with Crippen molar-refractivity contribution in [2.75, 3.05) is 13.7 Å². The lowest BCUT2D eigenvalue weighted by molar-refractivity contribution is -0.137. The van der Waals surface area contributed by atoms with Gasteiger partial charge in [-0.3, -0.25) is 14.5 Å². The van der Waals surface area contributed by atoms with Crippen molar-refractivity contribution in [3.05, 3.63) is 64.1 Å². The first-order valence-electron chi connectivity index (χ1n) is 11.0. The quantitative estimate of drug-likeness (QED) is 0.354. The highest BCUT2D eigenvalue weighted by Gasteiger charge is 2.31. The Bertz CT molecular complexity index is 1100. The number of thiocarbonyl (C=S) groups is 1. The van der Waals surface area contributed by atoms with E-state index in [1.165, 1.54) is 22.2 Å². The van der Waals surface area contributed by atoms with Crippen molar-refractivity contribution in [1.82, 2.24) is 4.90 Å². The summed E-state index contributed by atoms with van der Waals surface area (Å²) in [6.45, 7) is 7.25. The summed E-state index contributed by atoms with van der Waals surface area (Å²) in [5.41, 5.74) is 3.21. The first-order chi connectivity index (χ1) is 16.1. The van der Waals surface area contributed by atoms with E-state index < -0.39 is 5.97 Å². The number of benzene rings is 2. The SMILES string of the molecule is COc1cc(/C=C2/SC(=S)N(CCCC(=O)O)C2=O)ccc1OCc1ccc(C(C)(C)C)cc1. The van der Waals surface area contributed by atoms with E-state index in [2.05, 4.69) is 45.0 Å². The second kappa shape index (κ2) is 11.1. The van der Waals surface area contributed by atoms with E-state index in [1.54, 1.807) is 13.2 Å². The van der Waals surface area contributed by atoms with Crippen LogP contribution >= 0.6 is 24.0 Å². The fraction of sp³-hybridized carbons (Fsp3) is 0.346. The lowest BCUT2D eigenvalue weighted by atomic mass is 9.87. The highest BCUT2D eigenvalue weighted by atomic mass is 32.2. The van der Waals surface area contributed by atoms with Gasteiger partial charge < -0.3 is 14.6 Å². The van der Waals surface area contributed by atoms with Crippen molar-refractivity contribution in [3.63, 3.8) is 0 Å². The highest BCUT2D eigenvalue weighted by molar-refractivity contribution is 8.26. The molecular weight excluding hydrogens is 470 g/mol. The van der Waals surface area contributed by atoms with E-state index in [4.69, 9.17) is 26.8 Å². The van der Waals surface area contributed by atoms with Crippen LogP contribution in [0.5, 0.6) is 11.5 Å². The van der Waals surface area contributed by atoms with E-state index in [9.17, 15) is 9.59 Å². The van der Waals surface area contributed by atoms with Gasteiger partial charge in [0.05, 0.1) is 12.0 Å². The molecule has 1 amide bonds. The number of ether oxygens (including phenoxy) is 2. The Kier molecular flexibility index (Phi) is 8.38. The summed E-state index contributed by atoms with van der Waals surface area (Å²) in [6, 6.07) is 13.9. The minimum atomic E-state index is -0.891. The van der Waals surface area contributed by atoms with Crippen molar-refractivity contribution in [2.24, 2.45) is 0 Å². The molecule has 0 unspecified atom stereocenters. The van der Waals surface area contributed by atoms with E-state index >= 15 is 0 Å². The van der Waals surface area contributed by atoms with Gasteiger partial charge in [-0.2, -0.15) is 0 Å². The molecule has 6 nitrogen and oxygen atoms in total. The predicted molar refractivity (Wildman–Crippen MR) is 139 cm³/mol. The van der Waals surface area contributed by atoms with Crippen LogP contribution in [0.1, 0.15) is 50.3 Å². The molecule has 1 aliphatic rings. The molecule has 2 aromatic carbocycles. The lowest BCUT2D eigenvalue weighted by Gasteiger charge is -2.19.